The molecule has 0 saturated carbocycles. The fraction of sp³-hybridized carbons (Fsp3) is 0.404. The Morgan fingerprint density at radius 3 is 2.49 bits per heavy atom. The molecule has 14 nitrogen and oxygen atoms in total. The summed E-state index contributed by atoms with van der Waals surface area (Å²) in [5.74, 6) is -1.85. The van der Waals surface area contributed by atoms with Gasteiger partial charge >= 0.3 is 18.2 Å². The average Bonchev–Trinajstić information content (AvgIpc) is 3.83. The van der Waals surface area contributed by atoms with Gasteiger partial charge in [0.25, 0.3) is 0 Å². The maximum absolute atomic E-state index is 17.6. The number of alkyl halides is 2. The lowest BCUT2D eigenvalue weighted by molar-refractivity contribution is 0.0385. The Morgan fingerprint density at radius 2 is 1.71 bits per heavy atom. The molecule has 4 atom stereocenters. The lowest BCUT2D eigenvalue weighted by Gasteiger charge is -2.41. The summed E-state index contributed by atoms with van der Waals surface area (Å²) in [6, 6.07) is 22.9. The number of halogens is 4. The van der Waals surface area contributed by atoms with Crippen molar-refractivity contribution in [1.29, 1.82) is 0 Å². The van der Waals surface area contributed by atoms with Crippen LogP contribution < -0.4 is 19.5 Å². The van der Waals surface area contributed by atoms with Crippen LogP contribution in [0.1, 0.15) is 62.6 Å². The normalized spacial score (nSPS) is 24.2. The van der Waals surface area contributed by atoms with Gasteiger partial charge in [-0.3, -0.25) is 9.88 Å². The van der Waals surface area contributed by atoms with Gasteiger partial charge < -0.3 is 38.6 Å². The minimum Gasteiger partial charge on any atom is -0.472 e. The van der Waals surface area contributed by atoms with E-state index < -0.39 is 84.8 Å². The number of pyridine rings is 1. The van der Waals surface area contributed by atoms with Gasteiger partial charge in [0.2, 0.25) is 5.88 Å². The van der Waals surface area contributed by atoms with Crippen molar-refractivity contribution in [3.05, 3.63) is 119 Å². The van der Waals surface area contributed by atoms with Crippen LogP contribution in [-0.2, 0) is 33.8 Å². The Balaban J connectivity index is 1.000. The highest BCUT2D eigenvalue weighted by Crippen LogP contribution is 2.42. The minimum atomic E-state index is -2.94. The molecule has 0 spiro atoms. The molecule has 4 aromatic carbocycles. The molecule has 0 bridgehead atoms. The van der Waals surface area contributed by atoms with E-state index in [1.54, 1.807) is 67.6 Å². The number of likely N-dealkylation sites (tertiary alicyclic amines) is 1. The van der Waals surface area contributed by atoms with E-state index in [9.17, 15) is 9.59 Å². The Kier molecular flexibility index (Phi) is 12.7. The smallest absolute Gasteiger partial charge is 0.410 e. The van der Waals surface area contributed by atoms with E-state index in [0.717, 1.165) is 10.5 Å². The van der Waals surface area contributed by atoms with Gasteiger partial charge in [0.15, 0.2) is 12.6 Å². The van der Waals surface area contributed by atoms with E-state index >= 15 is 17.6 Å². The monoisotopic (exact) mass is 971 g/mol. The lowest BCUT2D eigenvalue weighted by Crippen LogP contribution is -2.61. The standard InChI is InChI=1S/C52H54F4N6O8/c1-51(23-36(53)26-61(30-51)50(64)68-29-34-13-7-4-8-14-34)60-49(63)66-20-9-15-39-42(55)17-16-35-21-38(70-32-65-2)22-40(43(35)39)45-44(56)46-41(25-57-45)47(67-28-33-11-5-3-6-12-33)59-48(58-46)69-31-52-18-10-19-62(52)27-37(54)24-52/h3-8,11-14,16-17,21-22,25,36-37H,9-10,15,18-20,23-24,26-32H2,1-2H3,(H,60,63)/t36-,37?,51-,52?/m1/s1/i19D2,31D2,37D. The Hall–Kier alpha value is -6.79. The van der Waals surface area contributed by atoms with E-state index in [1.165, 1.54) is 36.4 Å². The van der Waals surface area contributed by atoms with Crippen LogP contribution in [0.5, 0.6) is 17.6 Å². The number of hydrogen-bond acceptors (Lipinski definition) is 12. The summed E-state index contributed by atoms with van der Waals surface area (Å²) >= 11 is 0. The third kappa shape index (κ3) is 10.8. The molecule has 3 aliphatic heterocycles. The fourth-order valence-corrected chi connectivity index (χ4v) is 9.19. The van der Waals surface area contributed by atoms with E-state index in [4.69, 9.17) is 35.3 Å². The number of piperidine rings is 1. The molecule has 0 radical (unpaired) electrons. The first-order valence-corrected chi connectivity index (χ1v) is 22.8. The molecule has 1 N–H and O–H groups in total. The number of benzene rings is 4. The number of alkyl carbamates (subject to hydrolysis) is 1. The highest BCUT2D eigenvalue weighted by atomic mass is 19.1. The van der Waals surface area contributed by atoms with Gasteiger partial charge in [-0.25, -0.2) is 27.2 Å². The largest absolute Gasteiger partial charge is 0.472 e. The number of carbonyl (C=O) groups is 2. The summed E-state index contributed by atoms with van der Waals surface area (Å²) in [4.78, 5) is 41.4. The predicted octanol–water partition coefficient (Wildman–Crippen LogP) is 9.44. The van der Waals surface area contributed by atoms with E-state index in [2.05, 4.69) is 20.3 Å². The molecular weight excluding hydrogens is 913 g/mol. The maximum Gasteiger partial charge on any atom is 0.410 e. The van der Waals surface area contributed by atoms with Crippen LogP contribution in [0.4, 0.5) is 27.2 Å². The third-order valence-corrected chi connectivity index (χ3v) is 12.4. The van der Waals surface area contributed by atoms with Crippen LogP contribution >= 0.6 is 0 Å². The summed E-state index contributed by atoms with van der Waals surface area (Å²) < 4.78 is 142. The molecule has 2 amide bonds. The van der Waals surface area contributed by atoms with Crippen LogP contribution in [0, 0.1) is 11.6 Å². The van der Waals surface area contributed by atoms with Gasteiger partial charge in [0.05, 0.1) is 33.7 Å². The summed E-state index contributed by atoms with van der Waals surface area (Å²) in [5, 5.41) is 3.22. The SMILES string of the molecule is [2H]C1(F)CN2C([2H])([2H])CCC2(C([2H])([2H])Oc2nc(OCc3ccccc3)c3cnc(-c4cc(OCOC)cc5ccc(F)c(CCCOC(=O)N[C@]6(C)C[C@@H](F)CN(C(=O)OCc7ccccc7)C6)c45)c(F)c3n2)C1. The van der Waals surface area contributed by atoms with Crippen LogP contribution in [-0.4, -0.2) is 114 Å². The number of carbonyl (C=O) groups excluding carboxylic acids is 2. The Bertz CT molecular complexity index is 3080. The molecule has 368 valence electrons. The molecule has 0 aliphatic carbocycles. The minimum absolute atomic E-state index is 0.0180. The number of nitrogens with zero attached hydrogens (tertiary/aromatic N) is 5. The molecule has 3 aliphatic rings. The molecule has 2 aromatic heterocycles. The molecule has 70 heavy (non-hydrogen) atoms. The molecule has 6 aromatic rings. The second-order valence-corrected chi connectivity index (χ2v) is 17.7. The molecule has 18 heteroatoms. The van der Waals surface area contributed by atoms with Gasteiger partial charge in [0.1, 0.15) is 54.9 Å². The molecule has 5 heterocycles. The number of aryl methyl sites for hydroxylation is 1. The second kappa shape index (κ2) is 21.1. The van der Waals surface area contributed by atoms with Crippen molar-refractivity contribution in [1.82, 2.24) is 30.1 Å². The van der Waals surface area contributed by atoms with E-state index in [0.29, 0.717) is 10.9 Å². The number of hydrogen-bond donors (Lipinski definition) is 1. The fourth-order valence-electron chi connectivity index (χ4n) is 9.19. The second-order valence-electron chi connectivity index (χ2n) is 17.7. The molecule has 2 unspecified atom stereocenters. The summed E-state index contributed by atoms with van der Waals surface area (Å²) in [7, 11) is 1.40. The number of methoxy groups -OCH3 is 1. The molecule has 9 rings (SSSR count). The topological polar surface area (TPSA) is 147 Å². The molecular formula is C52H54F4N6O8. The van der Waals surface area contributed by atoms with E-state index in [-0.39, 0.29) is 111 Å². The molecule has 3 saturated heterocycles. The predicted molar refractivity (Wildman–Crippen MR) is 251 cm³/mol. The number of fused-ring (bicyclic) bond motifs is 3. The first-order chi connectivity index (χ1) is 35.7. The highest BCUT2D eigenvalue weighted by Gasteiger charge is 2.49. The van der Waals surface area contributed by atoms with Gasteiger partial charge in [-0.1, -0.05) is 66.7 Å². The van der Waals surface area contributed by atoms with Crippen molar-refractivity contribution in [3.8, 4) is 28.9 Å². The van der Waals surface area contributed by atoms with E-state index in [1.807, 2.05) is 6.07 Å². The van der Waals surface area contributed by atoms with Crippen LogP contribution in [0.15, 0.2) is 91.1 Å². The first-order valence-electron chi connectivity index (χ1n) is 25.3. The lowest BCUT2D eigenvalue weighted by atomic mass is 9.90. The van der Waals surface area contributed by atoms with Crippen LogP contribution in [0.25, 0.3) is 32.9 Å². The first kappa shape index (κ1) is 42.1. The summed E-state index contributed by atoms with van der Waals surface area (Å²) in [5.41, 5.74) is -2.43. The summed E-state index contributed by atoms with van der Waals surface area (Å²) in [6.07, 6.45) is -5.81. The zero-order valence-corrected chi connectivity index (χ0v) is 38.4. The van der Waals surface area contributed by atoms with Gasteiger partial charge in [-0.15, -0.1) is 0 Å². The van der Waals surface area contributed by atoms with Gasteiger partial charge in [-0.2, -0.15) is 9.97 Å². The van der Waals surface area contributed by atoms with Crippen LogP contribution in [0.2, 0.25) is 0 Å². The number of ether oxygens (including phenoxy) is 6. The van der Waals surface area contributed by atoms with Crippen molar-refractivity contribution >= 4 is 33.9 Å². The van der Waals surface area contributed by atoms with Crippen LogP contribution in [0.3, 0.4) is 0 Å². The quantitative estimate of drug-likeness (QED) is 0.0528. The maximum atomic E-state index is 17.6. The van der Waals surface area contributed by atoms with Crippen molar-refractivity contribution in [2.24, 2.45) is 0 Å². The highest BCUT2D eigenvalue weighted by molar-refractivity contribution is 6.01. The Labute approximate surface area is 409 Å². The summed E-state index contributed by atoms with van der Waals surface area (Å²) in [6.45, 7) is -5.08. The zero-order valence-electron chi connectivity index (χ0n) is 43.4. The zero-order chi connectivity index (χ0) is 53.3. The number of nitrogens with one attached hydrogen (secondary N) is 1. The molecule has 3 fully saturated rings. The van der Waals surface area contributed by atoms with Crippen molar-refractivity contribution in [2.75, 3.05) is 53.2 Å². The number of amides is 2. The number of rotatable bonds is 17. The van der Waals surface area contributed by atoms with Crippen molar-refractivity contribution in [2.45, 2.75) is 82.1 Å². The van der Waals surface area contributed by atoms with Crippen molar-refractivity contribution in [3.63, 3.8) is 0 Å². The average molecular weight is 972 g/mol. The van der Waals surface area contributed by atoms with Crippen molar-refractivity contribution < 1.29 is 62.4 Å². The Morgan fingerprint density at radius 1 is 0.943 bits per heavy atom. The van der Waals surface area contributed by atoms with Gasteiger partial charge in [-0.05, 0) is 84.8 Å². The third-order valence-electron chi connectivity index (χ3n) is 12.4. The van der Waals surface area contributed by atoms with Gasteiger partial charge in [0, 0.05) is 47.5 Å². The number of aromatic nitrogens is 3.